The Balaban J connectivity index is 1.88. The van der Waals surface area contributed by atoms with Gasteiger partial charge < -0.3 is 15.5 Å². The third kappa shape index (κ3) is 2.53. The number of anilines is 1. The fourth-order valence-corrected chi connectivity index (χ4v) is 3.14. The Morgan fingerprint density at radius 2 is 1.96 bits per heavy atom. The van der Waals surface area contributed by atoms with Crippen LogP contribution in [0.3, 0.4) is 0 Å². The Morgan fingerprint density at radius 3 is 2.73 bits per heavy atom. The number of rotatable bonds is 3. The van der Waals surface area contributed by atoms with Crippen molar-refractivity contribution in [2.75, 3.05) is 5.32 Å². The molecule has 3 aromatic rings. The zero-order valence-corrected chi connectivity index (χ0v) is 14.5. The maximum Gasteiger partial charge on any atom is 0.346 e. The van der Waals surface area contributed by atoms with Crippen LogP contribution in [0.2, 0.25) is 0 Å². The number of fused-ring (bicyclic) bond motifs is 1. The van der Waals surface area contributed by atoms with Gasteiger partial charge in [-0.1, -0.05) is 6.92 Å². The van der Waals surface area contributed by atoms with E-state index < -0.39 is 6.03 Å². The Kier molecular flexibility index (Phi) is 3.73. The number of thiol groups is 1. The lowest BCUT2D eigenvalue weighted by Crippen LogP contribution is -2.08. The zero-order chi connectivity index (χ0) is 18.4. The summed E-state index contributed by atoms with van der Waals surface area (Å²) in [6, 6.07) is 7.73. The van der Waals surface area contributed by atoms with Gasteiger partial charge in [0.2, 0.25) is 0 Å². The smallest absolute Gasteiger partial charge is 0.346 e. The van der Waals surface area contributed by atoms with E-state index in [1.54, 1.807) is 28.8 Å². The van der Waals surface area contributed by atoms with Gasteiger partial charge in [-0.05, 0) is 36.2 Å². The number of carbonyl (C=O) groups is 1. The molecule has 0 aliphatic carbocycles. The van der Waals surface area contributed by atoms with Crippen LogP contribution in [-0.4, -0.2) is 31.0 Å². The minimum Gasteiger partial charge on any atom is -0.508 e. The molecule has 1 aliphatic heterocycles. The Labute approximate surface area is 153 Å². The minimum absolute atomic E-state index is 0.0202. The number of hydrogen-bond acceptors (Lipinski definition) is 6. The summed E-state index contributed by atoms with van der Waals surface area (Å²) in [6.45, 7) is 1.90. The van der Waals surface area contributed by atoms with Gasteiger partial charge in [0.15, 0.2) is 11.0 Å². The average molecular weight is 368 g/mol. The molecule has 0 unspecified atom stereocenters. The highest BCUT2D eigenvalue weighted by atomic mass is 32.1. The standard InChI is InChI=1S/C17H14N5O3S/c1-2-8-5-10(14(24)7-13(8)23)15-20-21-17(26)22(15)9-3-4-11-12(6-9)19-16(25)18-11/h3-7,23-24H,2H2,1H3,(H,18,25)(H,21,26). The van der Waals surface area contributed by atoms with Crippen LogP contribution in [0, 0.1) is 0 Å². The van der Waals surface area contributed by atoms with Crippen molar-refractivity contribution in [1.29, 1.82) is 0 Å². The van der Waals surface area contributed by atoms with Gasteiger partial charge in [-0.3, -0.25) is 4.57 Å². The van der Waals surface area contributed by atoms with Crippen molar-refractivity contribution in [2.24, 2.45) is 0 Å². The van der Waals surface area contributed by atoms with Crippen LogP contribution in [0.4, 0.5) is 16.2 Å². The molecule has 2 amide bonds. The molecule has 131 valence electrons. The summed E-state index contributed by atoms with van der Waals surface area (Å²) in [4.78, 5) is 11.4. The van der Waals surface area contributed by atoms with Crippen molar-refractivity contribution in [3.8, 4) is 28.6 Å². The number of carbonyl (C=O) groups excluding carboxylic acids is 1. The molecular formula is C17H14N5O3S. The number of aromatic hydroxyl groups is 2. The molecular weight excluding hydrogens is 354 g/mol. The number of nitrogens with zero attached hydrogens (tertiary/aromatic N) is 4. The fourth-order valence-electron chi connectivity index (χ4n) is 2.88. The second kappa shape index (κ2) is 5.95. The molecule has 2 aromatic carbocycles. The molecule has 26 heavy (non-hydrogen) atoms. The quantitative estimate of drug-likeness (QED) is 0.531. The van der Waals surface area contributed by atoms with Crippen LogP contribution >= 0.6 is 12.6 Å². The van der Waals surface area contributed by atoms with Gasteiger partial charge in [0, 0.05) is 6.07 Å². The van der Waals surface area contributed by atoms with Crippen LogP contribution in [0.15, 0.2) is 35.5 Å². The predicted molar refractivity (Wildman–Crippen MR) is 97.6 cm³/mol. The van der Waals surface area contributed by atoms with Gasteiger partial charge in [0.25, 0.3) is 0 Å². The molecule has 0 bridgehead atoms. The molecule has 9 heteroatoms. The van der Waals surface area contributed by atoms with Crippen LogP contribution in [0.1, 0.15) is 12.5 Å². The van der Waals surface area contributed by atoms with Crippen molar-refractivity contribution in [1.82, 2.24) is 20.1 Å². The molecule has 8 nitrogen and oxygen atoms in total. The van der Waals surface area contributed by atoms with Crippen LogP contribution in [-0.2, 0) is 6.42 Å². The van der Waals surface area contributed by atoms with Gasteiger partial charge in [0.05, 0.1) is 22.6 Å². The summed E-state index contributed by atoms with van der Waals surface area (Å²) in [6.07, 6.45) is 0.590. The second-order valence-electron chi connectivity index (χ2n) is 5.75. The molecule has 3 N–H and O–H groups in total. The van der Waals surface area contributed by atoms with E-state index in [0.717, 1.165) is 0 Å². The summed E-state index contributed by atoms with van der Waals surface area (Å²) < 4.78 is 1.63. The number of benzene rings is 2. The van der Waals surface area contributed by atoms with Gasteiger partial charge in [-0.15, -0.1) is 22.8 Å². The first-order valence-electron chi connectivity index (χ1n) is 7.84. The van der Waals surface area contributed by atoms with E-state index >= 15 is 0 Å². The van der Waals surface area contributed by atoms with E-state index in [1.807, 2.05) is 6.92 Å². The SMILES string of the molecule is CCc1cc(-c2nnc(S)n2-c2ccc3c(c2)[N]C(=O)N3)c(O)cc1O. The number of nitrogens with one attached hydrogen (secondary N) is 1. The zero-order valence-electron chi connectivity index (χ0n) is 13.6. The van der Waals surface area contributed by atoms with Gasteiger partial charge in [-0.2, -0.15) is 5.32 Å². The van der Waals surface area contributed by atoms with E-state index in [0.29, 0.717) is 45.6 Å². The average Bonchev–Trinajstić information content (AvgIpc) is 3.16. The van der Waals surface area contributed by atoms with Crippen molar-refractivity contribution in [3.05, 3.63) is 35.9 Å². The molecule has 0 fully saturated rings. The highest BCUT2D eigenvalue weighted by molar-refractivity contribution is 7.80. The normalized spacial score (nSPS) is 12.6. The number of phenols is 2. The van der Waals surface area contributed by atoms with Crippen LogP contribution < -0.4 is 10.6 Å². The van der Waals surface area contributed by atoms with E-state index in [4.69, 9.17) is 0 Å². The highest BCUT2D eigenvalue weighted by Crippen LogP contribution is 2.37. The lowest BCUT2D eigenvalue weighted by molar-refractivity contribution is 0.256. The number of aryl methyl sites for hydroxylation is 1. The Morgan fingerprint density at radius 1 is 1.15 bits per heavy atom. The van der Waals surface area contributed by atoms with E-state index in [-0.39, 0.29) is 11.5 Å². The second-order valence-corrected chi connectivity index (χ2v) is 6.15. The van der Waals surface area contributed by atoms with Crippen molar-refractivity contribution in [2.45, 2.75) is 18.5 Å². The largest absolute Gasteiger partial charge is 0.508 e. The summed E-state index contributed by atoms with van der Waals surface area (Å²) in [5.41, 5.74) is 2.85. The molecule has 0 atom stereocenters. The van der Waals surface area contributed by atoms with E-state index in [2.05, 4.69) is 33.5 Å². The summed E-state index contributed by atoms with van der Waals surface area (Å²) in [5, 5.41) is 35.2. The van der Waals surface area contributed by atoms with Gasteiger partial charge in [0.1, 0.15) is 11.5 Å². The predicted octanol–water partition coefficient (Wildman–Crippen LogP) is 2.98. The highest BCUT2D eigenvalue weighted by Gasteiger charge is 2.22. The number of phenolic OH excluding ortho intramolecular Hbond substituents is 2. The Bertz CT molecular complexity index is 1050. The molecule has 0 saturated carbocycles. The molecule has 0 saturated heterocycles. The molecule has 1 aromatic heterocycles. The lowest BCUT2D eigenvalue weighted by atomic mass is 10.1. The number of urea groups is 1. The summed E-state index contributed by atoms with van der Waals surface area (Å²) >= 11 is 4.35. The van der Waals surface area contributed by atoms with E-state index in [9.17, 15) is 15.0 Å². The molecule has 4 rings (SSSR count). The maximum absolute atomic E-state index is 11.4. The topological polar surface area (TPSA) is 114 Å². The monoisotopic (exact) mass is 368 g/mol. The van der Waals surface area contributed by atoms with Gasteiger partial charge >= 0.3 is 6.03 Å². The first kappa shape index (κ1) is 16.3. The summed E-state index contributed by atoms with van der Waals surface area (Å²) in [5.74, 6) is 0.260. The maximum atomic E-state index is 11.4. The number of aromatic nitrogens is 3. The van der Waals surface area contributed by atoms with E-state index in [1.165, 1.54) is 6.07 Å². The molecule has 1 radical (unpaired) electrons. The van der Waals surface area contributed by atoms with Crippen molar-refractivity contribution < 1.29 is 15.0 Å². The van der Waals surface area contributed by atoms with Crippen LogP contribution in [0.25, 0.3) is 17.1 Å². The third-order valence-corrected chi connectivity index (χ3v) is 4.46. The lowest BCUT2D eigenvalue weighted by Gasteiger charge is -2.12. The minimum atomic E-state index is -0.420. The van der Waals surface area contributed by atoms with Crippen LogP contribution in [0.5, 0.6) is 11.5 Å². The fraction of sp³-hybridized carbons (Fsp3) is 0.118. The van der Waals surface area contributed by atoms with Gasteiger partial charge in [-0.25, -0.2) is 4.79 Å². The Hall–Kier alpha value is -3.20. The summed E-state index contributed by atoms with van der Waals surface area (Å²) in [7, 11) is 0. The molecule has 2 heterocycles. The van der Waals surface area contributed by atoms with Crippen molar-refractivity contribution >= 4 is 30.0 Å². The third-order valence-electron chi connectivity index (χ3n) is 4.17. The molecule has 1 aliphatic rings. The first-order chi connectivity index (χ1) is 12.5. The number of amides is 2. The molecule has 0 spiro atoms. The number of hydrogen-bond donors (Lipinski definition) is 4. The van der Waals surface area contributed by atoms with Crippen molar-refractivity contribution in [3.63, 3.8) is 0 Å². The first-order valence-corrected chi connectivity index (χ1v) is 8.29.